The maximum absolute atomic E-state index is 12.5. The molecule has 1 saturated heterocycles. The molecule has 154 valence electrons. The molecule has 3 rings (SSSR count). The second-order valence-electron chi connectivity index (χ2n) is 6.99. The first-order valence-electron chi connectivity index (χ1n) is 10.2. The lowest BCUT2D eigenvalue weighted by Gasteiger charge is -2.26. The highest BCUT2D eigenvalue weighted by atomic mass is 16.5. The molecular formula is C23H28N2O4. The highest BCUT2D eigenvalue weighted by Gasteiger charge is 2.18. The van der Waals surface area contributed by atoms with Crippen molar-refractivity contribution in [2.24, 2.45) is 0 Å². The minimum Gasteiger partial charge on any atom is -0.490 e. The Morgan fingerprint density at radius 3 is 2.45 bits per heavy atom. The van der Waals surface area contributed by atoms with Crippen molar-refractivity contribution in [1.82, 2.24) is 10.2 Å². The summed E-state index contributed by atoms with van der Waals surface area (Å²) in [6.07, 6.45) is 3.26. The summed E-state index contributed by atoms with van der Waals surface area (Å²) in [6.45, 7) is 4.31. The number of ether oxygens (including phenoxy) is 2. The van der Waals surface area contributed by atoms with E-state index in [0.29, 0.717) is 30.2 Å². The molecule has 1 aliphatic rings. The number of piperidine rings is 1. The highest BCUT2D eigenvalue weighted by molar-refractivity contribution is 5.94. The van der Waals surface area contributed by atoms with Gasteiger partial charge in [0, 0.05) is 25.2 Å². The standard InChI is InChI=1S/C23H28N2O4/c1-2-28-21-15-19(23(27)24-16-18-9-5-3-6-10-18)11-12-20(21)29-17-22(26)25-13-7-4-8-14-25/h3,5-6,9-12,15H,2,4,7-8,13-14,16-17H2,1H3,(H,24,27). The first-order valence-corrected chi connectivity index (χ1v) is 10.2. The summed E-state index contributed by atoms with van der Waals surface area (Å²) < 4.78 is 11.4. The molecule has 6 heteroatoms. The van der Waals surface area contributed by atoms with Crippen molar-refractivity contribution in [2.75, 3.05) is 26.3 Å². The van der Waals surface area contributed by atoms with Crippen molar-refractivity contribution < 1.29 is 19.1 Å². The van der Waals surface area contributed by atoms with E-state index in [-0.39, 0.29) is 18.4 Å². The van der Waals surface area contributed by atoms with Gasteiger partial charge in [0.2, 0.25) is 0 Å². The van der Waals surface area contributed by atoms with Crippen LogP contribution in [-0.4, -0.2) is 43.0 Å². The molecule has 1 heterocycles. The Kier molecular flexibility index (Phi) is 7.50. The van der Waals surface area contributed by atoms with E-state index in [1.165, 1.54) is 6.42 Å². The van der Waals surface area contributed by atoms with Gasteiger partial charge in [-0.25, -0.2) is 0 Å². The molecule has 1 aliphatic heterocycles. The van der Waals surface area contributed by atoms with Gasteiger partial charge in [-0.1, -0.05) is 30.3 Å². The number of benzene rings is 2. The third-order valence-corrected chi connectivity index (χ3v) is 4.86. The van der Waals surface area contributed by atoms with E-state index in [2.05, 4.69) is 5.32 Å². The minimum absolute atomic E-state index is 0.0168. The van der Waals surface area contributed by atoms with Crippen LogP contribution in [0, 0.1) is 0 Å². The lowest BCUT2D eigenvalue weighted by molar-refractivity contribution is -0.134. The van der Waals surface area contributed by atoms with Gasteiger partial charge in [0.05, 0.1) is 6.61 Å². The third-order valence-electron chi connectivity index (χ3n) is 4.86. The molecule has 2 aromatic carbocycles. The van der Waals surface area contributed by atoms with Gasteiger partial charge in [0.1, 0.15) is 0 Å². The molecule has 0 aromatic heterocycles. The smallest absolute Gasteiger partial charge is 0.260 e. The van der Waals surface area contributed by atoms with Crippen molar-refractivity contribution in [1.29, 1.82) is 0 Å². The summed E-state index contributed by atoms with van der Waals surface area (Å²) >= 11 is 0. The average Bonchev–Trinajstić information content (AvgIpc) is 2.78. The molecule has 1 fully saturated rings. The topological polar surface area (TPSA) is 67.9 Å². The van der Waals surface area contributed by atoms with Crippen molar-refractivity contribution >= 4 is 11.8 Å². The SMILES string of the molecule is CCOc1cc(C(=O)NCc2ccccc2)ccc1OCC(=O)N1CCCCC1. The number of rotatable bonds is 8. The van der Waals surface area contributed by atoms with Gasteiger partial charge in [-0.05, 0) is 49.9 Å². The van der Waals surface area contributed by atoms with Crippen LogP contribution in [0.4, 0.5) is 0 Å². The molecule has 0 atom stereocenters. The Morgan fingerprint density at radius 1 is 0.966 bits per heavy atom. The van der Waals surface area contributed by atoms with Crippen molar-refractivity contribution in [3.63, 3.8) is 0 Å². The van der Waals surface area contributed by atoms with Crippen LogP contribution < -0.4 is 14.8 Å². The van der Waals surface area contributed by atoms with E-state index in [1.807, 2.05) is 42.2 Å². The fraction of sp³-hybridized carbons (Fsp3) is 0.391. The summed E-state index contributed by atoms with van der Waals surface area (Å²) in [4.78, 5) is 26.7. The predicted octanol–water partition coefficient (Wildman–Crippen LogP) is 3.41. The molecule has 0 aliphatic carbocycles. The Morgan fingerprint density at radius 2 is 1.72 bits per heavy atom. The average molecular weight is 396 g/mol. The Balaban J connectivity index is 1.61. The van der Waals surface area contributed by atoms with Crippen LogP contribution in [0.2, 0.25) is 0 Å². The first-order chi connectivity index (χ1) is 14.2. The van der Waals surface area contributed by atoms with Crippen LogP contribution in [0.5, 0.6) is 11.5 Å². The van der Waals surface area contributed by atoms with Crippen LogP contribution in [0.25, 0.3) is 0 Å². The van der Waals surface area contributed by atoms with E-state index in [9.17, 15) is 9.59 Å². The lowest BCUT2D eigenvalue weighted by Crippen LogP contribution is -2.38. The van der Waals surface area contributed by atoms with Crippen LogP contribution in [0.15, 0.2) is 48.5 Å². The number of nitrogens with one attached hydrogen (secondary N) is 1. The van der Waals surface area contributed by atoms with Gasteiger partial charge >= 0.3 is 0 Å². The number of hydrogen-bond acceptors (Lipinski definition) is 4. The number of carbonyl (C=O) groups excluding carboxylic acids is 2. The van der Waals surface area contributed by atoms with Gasteiger partial charge in [-0.3, -0.25) is 9.59 Å². The van der Waals surface area contributed by atoms with Gasteiger partial charge in [0.15, 0.2) is 18.1 Å². The van der Waals surface area contributed by atoms with Crippen LogP contribution >= 0.6 is 0 Å². The first kappa shape index (κ1) is 20.7. The third kappa shape index (κ3) is 5.98. The van der Waals surface area contributed by atoms with Crippen molar-refractivity contribution in [3.05, 3.63) is 59.7 Å². The van der Waals surface area contributed by atoms with Crippen LogP contribution in [-0.2, 0) is 11.3 Å². The maximum Gasteiger partial charge on any atom is 0.260 e. The zero-order valence-corrected chi connectivity index (χ0v) is 16.9. The Bertz CT molecular complexity index is 817. The zero-order chi connectivity index (χ0) is 20.5. The van der Waals surface area contributed by atoms with Gasteiger partial charge in [-0.2, -0.15) is 0 Å². The van der Waals surface area contributed by atoms with Crippen molar-refractivity contribution in [3.8, 4) is 11.5 Å². The largest absolute Gasteiger partial charge is 0.490 e. The molecule has 0 radical (unpaired) electrons. The van der Waals surface area contributed by atoms with Gasteiger partial charge in [0.25, 0.3) is 11.8 Å². The Hall–Kier alpha value is -3.02. The van der Waals surface area contributed by atoms with E-state index in [0.717, 1.165) is 31.5 Å². The second kappa shape index (κ2) is 10.5. The summed E-state index contributed by atoms with van der Waals surface area (Å²) in [5.41, 5.74) is 1.51. The molecular weight excluding hydrogens is 368 g/mol. The Labute approximate surface area is 171 Å². The normalized spacial score (nSPS) is 13.6. The van der Waals surface area contributed by atoms with Gasteiger partial charge < -0.3 is 19.7 Å². The molecule has 6 nitrogen and oxygen atoms in total. The highest BCUT2D eigenvalue weighted by Crippen LogP contribution is 2.28. The molecule has 2 aromatic rings. The van der Waals surface area contributed by atoms with E-state index in [4.69, 9.17) is 9.47 Å². The van der Waals surface area contributed by atoms with E-state index in [1.54, 1.807) is 18.2 Å². The fourth-order valence-corrected chi connectivity index (χ4v) is 3.29. The van der Waals surface area contributed by atoms with Gasteiger partial charge in [-0.15, -0.1) is 0 Å². The number of likely N-dealkylation sites (tertiary alicyclic amines) is 1. The predicted molar refractivity (Wildman–Crippen MR) is 111 cm³/mol. The van der Waals surface area contributed by atoms with E-state index < -0.39 is 0 Å². The molecule has 29 heavy (non-hydrogen) atoms. The molecule has 2 amide bonds. The van der Waals surface area contributed by atoms with E-state index >= 15 is 0 Å². The van der Waals surface area contributed by atoms with Crippen LogP contribution in [0.1, 0.15) is 42.1 Å². The van der Waals surface area contributed by atoms with Crippen LogP contribution in [0.3, 0.4) is 0 Å². The molecule has 0 saturated carbocycles. The lowest BCUT2D eigenvalue weighted by atomic mass is 10.1. The number of nitrogens with zero attached hydrogens (tertiary/aromatic N) is 1. The monoisotopic (exact) mass is 396 g/mol. The summed E-state index contributed by atoms with van der Waals surface area (Å²) in [5.74, 6) is 0.728. The van der Waals surface area contributed by atoms with Crippen molar-refractivity contribution in [2.45, 2.75) is 32.7 Å². The second-order valence-corrected chi connectivity index (χ2v) is 6.99. The fourth-order valence-electron chi connectivity index (χ4n) is 3.29. The molecule has 0 unspecified atom stereocenters. The molecule has 1 N–H and O–H groups in total. The number of carbonyl (C=O) groups is 2. The summed E-state index contributed by atoms with van der Waals surface area (Å²) in [6, 6.07) is 14.8. The summed E-state index contributed by atoms with van der Waals surface area (Å²) in [7, 11) is 0. The summed E-state index contributed by atoms with van der Waals surface area (Å²) in [5, 5.41) is 2.90. The number of amides is 2. The molecule has 0 bridgehead atoms. The molecule has 0 spiro atoms. The quantitative estimate of drug-likeness (QED) is 0.743. The maximum atomic E-state index is 12.5. The zero-order valence-electron chi connectivity index (χ0n) is 16.9. The minimum atomic E-state index is -0.189. The number of hydrogen-bond donors (Lipinski definition) is 1.